The zero-order valence-electron chi connectivity index (χ0n) is 12.2. The van der Waals surface area contributed by atoms with E-state index in [9.17, 15) is 19.5 Å². The molecule has 1 aromatic carbocycles. The number of carbonyl (C=O) groups excluding carboxylic acids is 1. The van der Waals surface area contributed by atoms with Gasteiger partial charge in [0.15, 0.2) is 0 Å². The molecule has 122 valence electrons. The van der Waals surface area contributed by atoms with Gasteiger partial charge in [-0.3, -0.25) is 9.59 Å². The van der Waals surface area contributed by atoms with Gasteiger partial charge in [-0.05, 0) is 18.6 Å². The number of benzene rings is 1. The van der Waals surface area contributed by atoms with Gasteiger partial charge in [0.05, 0.1) is 23.4 Å². The highest BCUT2D eigenvalue weighted by molar-refractivity contribution is 6.32. The average Bonchev–Trinajstić information content (AvgIpc) is 2.45. The molecule has 2 rings (SSSR count). The number of aliphatic carboxylic acids is 1. The molecule has 3 N–H and O–H groups in total. The van der Waals surface area contributed by atoms with Gasteiger partial charge < -0.3 is 19.9 Å². The lowest BCUT2D eigenvalue weighted by molar-refractivity contribution is -0.136. The van der Waals surface area contributed by atoms with Crippen LogP contribution in [0.2, 0.25) is 5.02 Å². The number of carbonyl (C=O) groups is 2. The Labute approximate surface area is 135 Å². The van der Waals surface area contributed by atoms with E-state index in [4.69, 9.17) is 21.1 Å². The van der Waals surface area contributed by atoms with E-state index in [0.717, 1.165) is 0 Å². The second-order valence-electron chi connectivity index (χ2n) is 4.96. The Morgan fingerprint density at radius 2 is 2.04 bits per heavy atom. The summed E-state index contributed by atoms with van der Waals surface area (Å²) in [4.78, 5) is 34.2. The van der Waals surface area contributed by atoms with Crippen LogP contribution in [0.3, 0.4) is 0 Å². The number of carboxylic acid groups (broad SMARTS) is 1. The molecule has 0 bridgehead atoms. The molecule has 1 aromatic heterocycles. The number of aromatic hydroxyl groups is 1. The number of hydrogen-bond donors (Lipinski definition) is 3. The number of phenolic OH excluding ortho intramolecular Hbond substituents is 1. The van der Waals surface area contributed by atoms with E-state index in [1.54, 1.807) is 6.92 Å². The van der Waals surface area contributed by atoms with Crippen molar-refractivity contribution >= 4 is 34.4 Å². The first-order valence-electron chi connectivity index (χ1n) is 6.73. The van der Waals surface area contributed by atoms with E-state index in [1.807, 2.05) is 0 Å². The highest BCUT2D eigenvalue weighted by Gasteiger charge is 2.16. The van der Waals surface area contributed by atoms with Crippen molar-refractivity contribution in [2.75, 3.05) is 6.54 Å². The first kappa shape index (κ1) is 16.8. The standard InChI is InChI=1S/C15H14ClNO6/c1-7-8-4-10(16)11(18)6-12(8)23-15(22)9(7)5-13(19)17-3-2-14(20)21/h4,6,18H,2-3,5H2,1H3,(H,17,19)(H,20,21). The zero-order chi connectivity index (χ0) is 17.1. The maximum absolute atomic E-state index is 12.0. The molecule has 0 radical (unpaired) electrons. The number of aryl methyl sites for hydroxylation is 1. The molecule has 1 amide bonds. The summed E-state index contributed by atoms with van der Waals surface area (Å²) in [6.07, 6.45) is -0.436. The van der Waals surface area contributed by atoms with Gasteiger partial charge in [0.25, 0.3) is 0 Å². The lowest BCUT2D eigenvalue weighted by Crippen LogP contribution is -2.29. The Bertz CT molecular complexity index is 842. The van der Waals surface area contributed by atoms with Crippen molar-refractivity contribution in [2.45, 2.75) is 19.8 Å². The number of fused-ring (bicyclic) bond motifs is 1. The minimum Gasteiger partial charge on any atom is -0.506 e. The Kier molecular flexibility index (Phi) is 4.90. The Morgan fingerprint density at radius 1 is 1.35 bits per heavy atom. The smallest absolute Gasteiger partial charge is 0.340 e. The highest BCUT2D eigenvalue weighted by atomic mass is 35.5. The molecule has 0 aliphatic carbocycles. The fourth-order valence-electron chi connectivity index (χ4n) is 2.13. The van der Waals surface area contributed by atoms with Gasteiger partial charge in [0.2, 0.25) is 5.91 Å². The number of rotatable bonds is 5. The van der Waals surface area contributed by atoms with Crippen LogP contribution in [0.5, 0.6) is 5.75 Å². The summed E-state index contributed by atoms with van der Waals surface area (Å²) in [6.45, 7) is 1.62. The van der Waals surface area contributed by atoms with Gasteiger partial charge >= 0.3 is 11.6 Å². The summed E-state index contributed by atoms with van der Waals surface area (Å²) in [5.74, 6) is -1.71. The summed E-state index contributed by atoms with van der Waals surface area (Å²) in [7, 11) is 0. The predicted octanol–water partition coefficient (Wildman–Crippen LogP) is 1.59. The monoisotopic (exact) mass is 339 g/mol. The molecule has 0 saturated carbocycles. The van der Waals surface area contributed by atoms with Crippen molar-refractivity contribution in [3.8, 4) is 5.75 Å². The molecule has 0 spiro atoms. The van der Waals surface area contributed by atoms with Gasteiger partial charge in [-0.1, -0.05) is 11.6 Å². The third kappa shape index (κ3) is 3.81. The molecule has 0 saturated heterocycles. The van der Waals surface area contributed by atoms with E-state index >= 15 is 0 Å². The van der Waals surface area contributed by atoms with Crippen molar-refractivity contribution in [2.24, 2.45) is 0 Å². The molecule has 2 aromatic rings. The third-order valence-electron chi connectivity index (χ3n) is 3.35. The van der Waals surface area contributed by atoms with Crippen LogP contribution in [-0.4, -0.2) is 28.6 Å². The molecular formula is C15H14ClNO6. The summed E-state index contributed by atoms with van der Waals surface area (Å²) in [5.41, 5.74) is 0.160. The quantitative estimate of drug-likeness (QED) is 0.712. The van der Waals surface area contributed by atoms with Crippen LogP contribution in [0.15, 0.2) is 21.3 Å². The van der Waals surface area contributed by atoms with Crippen LogP contribution in [0, 0.1) is 6.92 Å². The van der Waals surface area contributed by atoms with E-state index in [0.29, 0.717) is 10.9 Å². The minimum absolute atomic E-state index is 0.0220. The van der Waals surface area contributed by atoms with Gasteiger partial charge in [0, 0.05) is 18.0 Å². The topological polar surface area (TPSA) is 117 Å². The Morgan fingerprint density at radius 3 is 2.70 bits per heavy atom. The molecule has 23 heavy (non-hydrogen) atoms. The molecule has 1 heterocycles. The van der Waals surface area contributed by atoms with Gasteiger partial charge in [-0.25, -0.2) is 4.79 Å². The Balaban J connectivity index is 2.30. The number of nitrogens with one attached hydrogen (secondary N) is 1. The van der Waals surface area contributed by atoms with Crippen LogP contribution in [0.25, 0.3) is 11.0 Å². The van der Waals surface area contributed by atoms with Crippen molar-refractivity contribution in [3.05, 3.63) is 38.7 Å². The molecule has 0 fully saturated rings. The molecule has 0 aliphatic rings. The number of hydrogen-bond acceptors (Lipinski definition) is 5. The predicted molar refractivity (Wildman–Crippen MR) is 82.9 cm³/mol. The van der Waals surface area contributed by atoms with Crippen molar-refractivity contribution < 1.29 is 24.2 Å². The first-order valence-corrected chi connectivity index (χ1v) is 7.10. The summed E-state index contributed by atoms with van der Waals surface area (Å²) in [6, 6.07) is 2.69. The van der Waals surface area contributed by atoms with E-state index in [-0.39, 0.29) is 41.3 Å². The van der Waals surface area contributed by atoms with Gasteiger partial charge in [-0.2, -0.15) is 0 Å². The molecule has 0 aliphatic heterocycles. The number of phenols is 1. The maximum Gasteiger partial charge on any atom is 0.340 e. The molecule has 0 unspecified atom stereocenters. The first-order chi connectivity index (χ1) is 10.8. The van der Waals surface area contributed by atoms with Crippen LogP contribution in [0.4, 0.5) is 0 Å². The number of carboxylic acids is 1. The Hall–Kier alpha value is -2.54. The largest absolute Gasteiger partial charge is 0.506 e. The van der Waals surface area contributed by atoms with Crippen LogP contribution < -0.4 is 10.9 Å². The maximum atomic E-state index is 12.0. The zero-order valence-corrected chi connectivity index (χ0v) is 12.9. The van der Waals surface area contributed by atoms with Crippen molar-refractivity contribution in [1.29, 1.82) is 0 Å². The molecule has 7 nitrogen and oxygen atoms in total. The van der Waals surface area contributed by atoms with Crippen molar-refractivity contribution in [1.82, 2.24) is 5.32 Å². The lowest BCUT2D eigenvalue weighted by atomic mass is 10.0. The number of amides is 1. The van der Waals surface area contributed by atoms with Crippen LogP contribution in [-0.2, 0) is 16.0 Å². The van der Waals surface area contributed by atoms with E-state index in [1.165, 1.54) is 12.1 Å². The lowest BCUT2D eigenvalue weighted by Gasteiger charge is -2.09. The fraction of sp³-hybridized carbons (Fsp3) is 0.267. The average molecular weight is 340 g/mol. The summed E-state index contributed by atoms with van der Waals surface area (Å²) < 4.78 is 5.10. The second-order valence-corrected chi connectivity index (χ2v) is 5.37. The molecule has 0 atom stereocenters. The number of halogens is 1. The summed E-state index contributed by atoms with van der Waals surface area (Å²) in [5, 5.41) is 21.1. The van der Waals surface area contributed by atoms with Gasteiger partial charge in [-0.15, -0.1) is 0 Å². The second kappa shape index (κ2) is 6.70. The van der Waals surface area contributed by atoms with E-state index in [2.05, 4.69) is 5.32 Å². The van der Waals surface area contributed by atoms with Crippen LogP contribution in [0.1, 0.15) is 17.5 Å². The fourth-order valence-corrected chi connectivity index (χ4v) is 2.30. The van der Waals surface area contributed by atoms with Crippen LogP contribution >= 0.6 is 11.6 Å². The van der Waals surface area contributed by atoms with E-state index < -0.39 is 17.5 Å². The van der Waals surface area contributed by atoms with Gasteiger partial charge in [0.1, 0.15) is 11.3 Å². The highest BCUT2D eigenvalue weighted by Crippen LogP contribution is 2.30. The molecule has 8 heteroatoms. The normalized spacial score (nSPS) is 10.7. The molecular weight excluding hydrogens is 326 g/mol. The SMILES string of the molecule is Cc1c(CC(=O)NCCC(=O)O)c(=O)oc2cc(O)c(Cl)cc12. The third-order valence-corrected chi connectivity index (χ3v) is 3.66. The summed E-state index contributed by atoms with van der Waals surface area (Å²) >= 11 is 5.85. The van der Waals surface area contributed by atoms with Crippen molar-refractivity contribution in [3.63, 3.8) is 0 Å². The minimum atomic E-state index is -1.03.